The number of nitrogens with one attached hydrogen (secondary N) is 1. The first-order valence-corrected chi connectivity index (χ1v) is 7.23. The van der Waals surface area contributed by atoms with Crippen molar-refractivity contribution >= 4 is 15.9 Å². The monoisotopic (exact) mass is 284 g/mol. The molecule has 0 atom stereocenters. The van der Waals surface area contributed by atoms with Gasteiger partial charge in [-0.15, -0.1) is 0 Å². The molecular formula is C12H17BrN2O. The van der Waals surface area contributed by atoms with Crippen LogP contribution in [0.4, 0.5) is 0 Å². The van der Waals surface area contributed by atoms with Crippen molar-refractivity contribution in [1.82, 2.24) is 10.2 Å². The molecule has 1 aromatic heterocycles. The van der Waals surface area contributed by atoms with E-state index in [4.69, 9.17) is 4.74 Å². The Bertz CT molecular complexity index is 367. The second-order valence-corrected chi connectivity index (χ2v) is 5.36. The van der Waals surface area contributed by atoms with Gasteiger partial charge in [0.05, 0.1) is 5.69 Å². The maximum atomic E-state index is 5.42. The Labute approximate surface area is 104 Å². The van der Waals surface area contributed by atoms with E-state index in [0.717, 1.165) is 37.3 Å². The van der Waals surface area contributed by atoms with Gasteiger partial charge in [-0.2, -0.15) is 5.10 Å². The van der Waals surface area contributed by atoms with Gasteiger partial charge in [0.2, 0.25) is 0 Å². The summed E-state index contributed by atoms with van der Waals surface area (Å²) in [6.07, 6.45) is 4.90. The molecule has 4 heteroatoms. The Kier molecular flexibility index (Phi) is 3.03. The Morgan fingerprint density at radius 3 is 2.56 bits per heavy atom. The largest absolute Gasteiger partial charge is 0.381 e. The number of H-pyrrole nitrogens is 1. The summed E-state index contributed by atoms with van der Waals surface area (Å²) in [6.45, 7) is 1.79. The summed E-state index contributed by atoms with van der Waals surface area (Å²) in [7, 11) is 0. The number of aromatic nitrogens is 2. The van der Waals surface area contributed by atoms with E-state index in [0.29, 0.717) is 5.92 Å². The molecule has 1 saturated carbocycles. The average Bonchev–Trinajstić information content (AvgIpc) is 3.09. The fourth-order valence-electron chi connectivity index (χ4n) is 2.55. The van der Waals surface area contributed by atoms with Gasteiger partial charge in [0.25, 0.3) is 0 Å². The molecule has 2 fully saturated rings. The van der Waals surface area contributed by atoms with Gasteiger partial charge in [-0.05, 0) is 25.7 Å². The number of halogens is 1. The van der Waals surface area contributed by atoms with Crippen LogP contribution in [0.5, 0.6) is 0 Å². The number of ether oxygens (including phenoxy) is 1. The molecule has 0 aromatic carbocycles. The second kappa shape index (κ2) is 4.49. The summed E-state index contributed by atoms with van der Waals surface area (Å²) in [5, 5.41) is 8.74. The van der Waals surface area contributed by atoms with Gasteiger partial charge < -0.3 is 4.74 Å². The van der Waals surface area contributed by atoms with Crippen molar-refractivity contribution in [3.63, 3.8) is 0 Å². The quantitative estimate of drug-likeness (QED) is 0.867. The molecule has 3 nitrogen and oxygen atoms in total. The number of nitrogens with zero attached hydrogens (tertiary/aromatic N) is 1. The van der Waals surface area contributed by atoms with Crippen LogP contribution in [0.1, 0.15) is 54.5 Å². The molecule has 88 valence electrons. The van der Waals surface area contributed by atoms with Crippen LogP contribution in [0.25, 0.3) is 0 Å². The molecule has 2 aliphatic rings. The molecule has 0 bridgehead atoms. The molecule has 0 amide bonds. The molecule has 16 heavy (non-hydrogen) atoms. The van der Waals surface area contributed by atoms with E-state index < -0.39 is 0 Å². The SMILES string of the molecule is BrCc1c(C2CC2)n[nH]c1C1CCOCC1. The third-order valence-corrected chi connectivity index (χ3v) is 4.22. The first-order valence-electron chi connectivity index (χ1n) is 6.11. The highest BCUT2D eigenvalue weighted by atomic mass is 79.9. The highest BCUT2D eigenvalue weighted by Crippen LogP contribution is 2.43. The predicted molar refractivity (Wildman–Crippen MR) is 66.0 cm³/mol. The average molecular weight is 285 g/mol. The molecule has 1 aromatic rings. The standard InChI is InChI=1S/C12H17BrN2O/c13-7-10-11(8-1-2-8)14-15-12(10)9-3-5-16-6-4-9/h8-9H,1-7H2,(H,14,15). The van der Waals surface area contributed by atoms with Gasteiger partial charge in [0.15, 0.2) is 0 Å². The van der Waals surface area contributed by atoms with Gasteiger partial charge in [-0.25, -0.2) is 0 Å². The van der Waals surface area contributed by atoms with Gasteiger partial charge in [-0.3, -0.25) is 5.10 Å². The van der Waals surface area contributed by atoms with Crippen molar-refractivity contribution in [3.8, 4) is 0 Å². The lowest BCUT2D eigenvalue weighted by molar-refractivity contribution is 0.0843. The van der Waals surface area contributed by atoms with Gasteiger partial charge in [-0.1, -0.05) is 15.9 Å². The fourth-order valence-corrected chi connectivity index (χ4v) is 3.14. The number of hydrogen-bond acceptors (Lipinski definition) is 2. The van der Waals surface area contributed by atoms with E-state index in [2.05, 4.69) is 26.1 Å². The molecule has 1 aliphatic carbocycles. The molecule has 1 saturated heterocycles. The van der Waals surface area contributed by atoms with E-state index in [9.17, 15) is 0 Å². The zero-order valence-electron chi connectivity index (χ0n) is 9.34. The van der Waals surface area contributed by atoms with Crippen molar-refractivity contribution < 1.29 is 4.74 Å². The van der Waals surface area contributed by atoms with Crippen molar-refractivity contribution in [2.45, 2.75) is 42.8 Å². The maximum absolute atomic E-state index is 5.42. The van der Waals surface area contributed by atoms with Crippen LogP contribution in [0, 0.1) is 0 Å². The Balaban J connectivity index is 1.87. The lowest BCUT2D eigenvalue weighted by Gasteiger charge is -2.21. The van der Waals surface area contributed by atoms with E-state index in [-0.39, 0.29) is 0 Å². The summed E-state index contributed by atoms with van der Waals surface area (Å²) in [5.41, 5.74) is 4.11. The Hall–Kier alpha value is -0.350. The summed E-state index contributed by atoms with van der Waals surface area (Å²) < 4.78 is 5.42. The maximum Gasteiger partial charge on any atom is 0.0696 e. The highest BCUT2D eigenvalue weighted by molar-refractivity contribution is 9.08. The van der Waals surface area contributed by atoms with E-state index >= 15 is 0 Å². The number of alkyl halides is 1. The third kappa shape index (κ3) is 1.93. The van der Waals surface area contributed by atoms with Crippen molar-refractivity contribution in [2.75, 3.05) is 13.2 Å². The van der Waals surface area contributed by atoms with Crippen molar-refractivity contribution in [2.24, 2.45) is 0 Å². The molecule has 1 N–H and O–H groups in total. The zero-order valence-corrected chi connectivity index (χ0v) is 10.9. The van der Waals surface area contributed by atoms with Crippen molar-refractivity contribution in [1.29, 1.82) is 0 Å². The molecule has 3 rings (SSSR count). The Morgan fingerprint density at radius 2 is 1.94 bits per heavy atom. The summed E-state index contributed by atoms with van der Waals surface area (Å²) in [4.78, 5) is 0. The van der Waals surface area contributed by atoms with Crippen LogP contribution in [-0.4, -0.2) is 23.4 Å². The first-order chi connectivity index (χ1) is 7.90. The Morgan fingerprint density at radius 1 is 1.19 bits per heavy atom. The van der Waals surface area contributed by atoms with Crippen LogP contribution in [0.2, 0.25) is 0 Å². The minimum absolute atomic E-state index is 0.626. The van der Waals surface area contributed by atoms with Crippen LogP contribution in [0.15, 0.2) is 0 Å². The van der Waals surface area contributed by atoms with Crippen molar-refractivity contribution in [3.05, 3.63) is 17.0 Å². The van der Waals surface area contributed by atoms with Crippen LogP contribution >= 0.6 is 15.9 Å². The zero-order chi connectivity index (χ0) is 11.0. The molecule has 2 heterocycles. The molecule has 0 unspecified atom stereocenters. The lowest BCUT2D eigenvalue weighted by Crippen LogP contribution is -2.15. The summed E-state index contributed by atoms with van der Waals surface area (Å²) >= 11 is 3.61. The van der Waals surface area contributed by atoms with E-state index in [1.165, 1.54) is 29.8 Å². The second-order valence-electron chi connectivity index (χ2n) is 4.80. The lowest BCUT2D eigenvalue weighted by atomic mass is 9.93. The molecule has 1 aliphatic heterocycles. The first kappa shape index (κ1) is 10.8. The number of aromatic amines is 1. The van der Waals surface area contributed by atoms with Gasteiger partial charge in [0.1, 0.15) is 0 Å². The number of rotatable bonds is 3. The minimum atomic E-state index is 0.626. The van der Waals surface area contributed by atoms with Crippen LogP contribution in [-0.2, 0) is 10.1 Å². The summed E-state index contributed by atoms with van der Waals surface area (Å²) in [5.74, 6) is 1.36. The molecule has 0 spiro atoms. The van der Waals surface area contributed by atoms with Gasteiger partial charge >= 0.3 is 0 Å². The summed E-state index contributed by atoms with van der Waals surface area (Å²) in [6, 6.07) is 0. The van der Waals surface area contributed by atoms with Gasteiger partial charge in [0, 0.05) is 41.6 Å². The fraction of sp³-hybridized carbons (Fsp3) is 0.750. The predicted octanol–water partition coefficient (Wildman–Crippen LogP) is 3.08. The van der Waals surface area contributed by atoms with E-state index in [1.54, 1.807) is 0 Å². The van der Waals surface area contributed by atoms with Crippen LogP contribution < -0.4 is 0 Å². The smallest absolute Gasteiger partial charge is 0.0696 e. The third-order valence-electron chi connectivity index (χ3n) is 3.66. The van der Waals surface area contributed by atoms with Crippen LogP contribution in [0.3, 0.4) is 0 Å². The molecular weight excluding hydrogens is 268 g/mol. The minimum Gasteiger partial charge on any atom is -0.381 e. The van der Waals surface area contributed by atoms with E-state index in [1.807, 2.05) is 0 Å². The topological polar surface area (TPSA) is 37.9 Å². The highest BCUT2D eigenvalue weighted by Gasteiger charge is 2.31. The normalized spacial score (nSPS) is 22.6. The molecule has 0 radical (unpaired) electrons. The number of hydrogen-bond donors (Lipinski definition) is 1.